The molecule has 4 heteroatoms. The van der Waals surface area contributed by atoms with E-state index in [0.717, 1.165) is 25.3 Å². The van der Waals surface area contributed by atoms with Gasteiger partial charge in [-0.15, -0.1) is 0 Å². The number of hydrogen-bond donors (Lipinski definition) is 1. The van der Waals surface area contributed by atoms with Gasteiger partial charge in [0.2, 0.25) is 5.91 Å². The SMILES string of the molecule is N#C[C@@H]1CCCN1C(=O)CNC12CC3CC1CC(c1ccccc1)(C3)C2. The number of carbonyl (C=O) groups excluding carboxylic acids is 1. The molecule has 5 fully saturated rings. The lowest BCUT2D eigenvalue weighted by Crippen LogP contribution is -2.52. The fourth-order valence-electron chi connectivity index (χ4n) is 6.86. The average Bonchev–Trinajstić information content (AvgIpc) is 3.29. The number of nitrogens with zero attached hydrogens (tertiary/aromatic N) is 2. The zero-order chi connectivity index (χ0) is 17.8. The second-order valence-corrected chi connectivity index (χ2v) is 9.12. The summed E-state index contributed by atoms with van der Waals surface area (Å²) < 4.78 is 0. The highest BCUT2D eigenvalue weighted by atomic mass is 16.2. The van der Waals surface area contributed by atoms with Crippen LogP contribution in [-0.2, 0) is 10.2 Å². The molecule has 26 heavy (non-hydrogen) atoms. The summed E-state index contributed by atoms with van der Waals surface area (Å²) in [6.45, 7) is 1.14. The van der Waals surface area contributed by atoms with Crippen LogP contribution in [0.25, 0.3) is 0 Å². The van der Waals surface area contributed by atoms with Crippen LogP contribution >= 0.6 is 0 Å². The maximum atomic E-state index is 12.7. The van der Waals surface area contributed by atoms with Gasteiger partial charge in [0.1, 0.15) is 6.04 Å². The highest BCUT2D eigenvalue weighted by Gasteiger charge is 2.64. The van der Waals surface area contributed by atoms with Gasteiger partial charge in [-0.05, 0) is 67.8 Å². The first kappa shape index (κ1) is 16.3. The van der Waals surface area contributed by atoms with E-state index in [1.54, 1.807) is 4.90 Å². The van der Waals surface area contributed by atoms with Gasteiger partial charge >= 0.3 is 0 Å². The van der Waals surface area contributed by atoms with E-state index in [2.05, 4.69) is 41.7 Å². The van der Waals surface area contributed by atoms with Crippen LogP contribution in [0.4, 0.5) is 0 Å². The molecule has 4 unspecified atom stereocenters. The van der Waals surface area contributed by atoms with E-state index in [4.69, 9.17) is 0 Å². The first-order chi connectivity index (χ1) is 12.6. The molecule has 6 rings (SSSR count). The Morgan fingerprint density at radius 2 is 2.12 bits per heavy atom. The Bertz CT molecular complexity index is 756. The van der Waals surface area contributed by atoms with E-state index in [9.17, 15) is 10.1 Å². The summed E-state index contributed by atoms with van der Waals surface area (Å²) in [5.41, 5.74) is 1.94. The zero-order valence-electron chi connectivity index (χ0n) is 15.3. The Balaban J connectivity index is 1.33. The van der Waals surface area contributed by atoms with Gasteiger partial charge in [-0.25, -0.2) is 0 Å². The molecule has 1 aliphatic heterocycles. The Morgan fingerprint density at radius 3 is 2.92 bits per heavy atom. The first-order valence-corrected chi connectivity index (χ1v) is 10.1. The quantitative estimate of drug-likeness (QED) is 0.909. The lowest BCUT2D eigenvalue weighted by molar-refractivity contribution is -0.130. The number of amides is 1. The van der Waals surface area contributed by atoms with Crippen molar-refractivity contribution in [1.82, 2.24) is 10.2 Å². The summed E-state index contributed by atoms with van der Waals surface area (Å²) in [6, 6.07) is 13.1. The maximum Gasteiger partial charge on any atom is 0.237 e. The maximum absolute atomic E-state index is 12.7. The normalized spacial score (nSPS) is 40.1. The van der Waals surface area contributed by atoms with E-state index in [1.165, 1.54) is 37.7 Å². The zero-order valence-corrected chi connectivity index (χ0v) is 15.3. The molecule has 1 N–H and O–H groups in total. The minimum absolute atomic E-state index is 0.114. The summed E-state index contributed by atoms with van der Waals surface area (Å²) in [7, 11) is 0. The number of hydrogen-bond acceptors (Lipinski definition) is 3. The fraction of sp³-hybridized carbons (Fsp3) is 0.636. The molecule has 1 heterocycles. The van der Waals surface area contributed by atoms with Gasteiger partial charge < -0.3 is 10.2 Å². The minimum Gasteiger partial charge on any atom is -0.326 e. The van der Waals surface area contributed by atoms with Crippen LogP contribution in [0.2, 0.25) is 0 Å². The van der Waals surface area contributed by atoms with Crippen molar-refractivity contribution >= 4 is 5.91 Å². The smallest absolute Gasteiger partial charge is 0.237 e. The molecule has 1 amide bonds. The predicted octanol–water partition coefficient (Wildman–Crippen LogP) is 2.99. The lowest BCUT2D eigenvalue weighted by atomic mass is 9.65. The molecule has 0 aromatic heterocycles. The van der Waals surface area contributed by atoms with Crippen molar-refractivity contribution in [2.75, 3.05) is 13.1 Å². The summed E-state index contributed by atoms with van der Waals surface area (Å²) in [5, 5.41) is 13.0. The second-order valence-electron chi connectivity index (χ2n) is 9.12. The molecule has 4 nitrogen and oxygen atoms in total. The van der Waals surface area contributed by atoms with Crippen molar-refractivity contribution in [2.24, 2.45) is 11.8 Å². The number of nitrogens with one attached hydrogen (secondary N) is 1. The Labute approximate surface area is 155 Å². The van der Waals surface area contributed by atoms with Crippen molar-refractivity contribution in [2.45, 2.75) is 61.9 Å². The average molecular weight is 349 g/mol. The molecule has 0 radical (unpaired) electrons. The number of likely N-dealkylation sites (tertiary alicyclic amines) is 1. The number of nitriles is 1. The molecular weight excluding hydrogens is 322 g/mol. The predicted molar refractivity (Wildman–Crippen MR) is 99.3 cm³/mol. The van der Waals surface area contributed by atoms with Crippen molar-refractivity contribution in [3.05, 3.63) is 35.9 Å². The van der Waals surface area contributed by atoms with Crippen LogP contribution in [0.15, 0.2) is 30.3 Å². The van der Waals surface area contributed by atoms with E-state index < -0.39 is 0 Å². The van der Waals surface area contributed by atoms with Gasteiger partial charge in [-0.1, -0.05) is 30.3 Å². The van der Waals surface area contributed by atoms with Crippen LogP contribution < -0.4 is 5.32 Å². The Kier molecular flexibility index (Phi) is 3.66. The van der Waals surface area contributed by atoms with Gasteiger partial charge in [0.15, 0.2) is 0 Å². The number of carbonyl (C=O) groups is 1. The van der Waals surface area contributed by atoms with Gasteiger partial charge in [0.05, 0.1) is 12.6 Å². The molecule has 136 valence electrons. The summed E-state index contributed by atoms with van der Waals surface area (Å²) in [4.78, 5) is 14.5. The van der Waals surface area contributed by atoms with E-state index >= 15 is 0 Å². The summed E-state index contributed by atoms with van der Waals surface area (Å²) >= 11 is 0. The fourth-order valence-corrected chi connectivity index (χ4v) is 6.86. The molecule has 4 aliphatic carbocycles. The molecule has 5 atom stereocenters. The van der Waals surface area contributed by atoms with Crippen LogP contribution in [0, 0.1) is 23.2 Å². The minimum atomic E-state index is -0.214. The third kappa shape index (κ3) is 2.33. The second kappa shape index (κ2) is 5.82. The van der Waals surface area contributed by atoms with E-state index in [-0.39, 0.29) is 17.5 Å². The molecule has 1 aromatic rings. The van der Waals surface area contributed by atoms with Crippen molar-refractivity contribution in [3.63, 3.8) is 0 Å². The van der Waals surface area contributed by atoms with E-state index in [1.807, 2.05) is 0 Å². The topological polar surface area (TPSA) is 56.1 Å². The highest BCUT2D eigenvalue weighted by Crippen LogP contribution is 2.66. The number of rotatable bonds is 4. The number of benzene rings is 1. The monoisotopic (exact) mass is 349 g/mol. The van der Waals surface area contributed by atoms with Gasteiger partial charge in [-0.3, -0.25) is 4.79 Å². The highest BCUT2D eigenvalue weighted by molar-refractivity contribution is 5.79. The van der Waals surface area contributed by atoms with Gasteiger partial charge in [0.25, 0.3) is 0 Å². The standard InChI is InChI=1S/C22H27N3O/c23-13-19-7-4-8-25(19)20(26)14-24-22-11-16-9-18(22)12-21(10-16,15-22)17-5-2-1-3-6-17/h1-3,5-6,16,18-19,24H,4,7-12,14-15H2/t16?,18?,19-,21?,22?/m0/s1. The molecule has 1 aromatic carbocycles. The molecular formula is C22H27N3O. The van der Waals surface area contributed by atoms with Crippen molar-refractivity contribution < 1.29 is 4.79 Å². The molecule has 1 saturated heterocycles. The molecule has 4 saturated carbocycles. The molecule has 4 bridgehead atoms. The summed E-state index contributed by atoms with van der Waals surface area (Å²) in [5.74, 6) is 1.60. The third-order valence-corrected chi connectivity index (χ3v) is 7.72. The summed E-state index contributed by atoms with van der Waals surface area (Å²) in [6.07, 6.45) is 8.07. The largest absolute Gasteiger partial charge is 0.326 e. The Morgan fingerprint density at radius 1 is 1.27 bits per heavy atom. The van der Waals surface area contributed by atoms with E-state index in [0.29, 0.717) is 17.9 Å². The van der Waals surface area contributed by atoms with Crippen molar-refractivity contribution in [1.29, 1.82) is 5.26 Å². The van der Waals surface area contributed by atoms with Crippen LogP contribution in [0.1, 0.15) is 50.5 Å². The van der Waals surface area contributed by atoms with Gasteiger partial charge in [0, 0.05) is 12.1 Å². The molecule has 5 aliphatic rings. The third-order valence-electron chi connectivity index (χ3n) is 7.72. The van der Waals surface area contributed by atoms with Crippen LogP contribution in [0.3, 0.4) is 0 Å². The molecule has 0 spiro atoms. The first-order valence-electron chi connectivity index (χ1n) is 10.1. The van der Waals surface area contributed by atoms with Crippen LogP contribution in [0.5, 0.6) is 0 Å². The van der Waals surface area contributed by atoms with Crippen molar-refractivity contribution in [3.8, 4) is 6.07 Å². The van der Waals surface area contributed by atoms with Crippen LogP contribution in [-0.4, -0.2) is 35.5 Å². The lowest BCUT2D eigenvalue weighted by Gasteiger charge is -2.42. The Hall–Kier alpha value is -1.86. The van der Waals surface area contributed by atoms with Gasteiger partial charge in [-0.2, -0.15) is 5.26 Å².